The molecule has 2 aromatic carbocycles. The van der Waals surface area contributed by atoms with Crippen LogP contribution in [0.5, 0.6) is 0 Å². The van der Waals surface area contributed by atoms with Gasteiger partial charge in [0.2, 0.25) is 11.8 Å². The van der Waals surface area contributed by atoms with Crippen molar-refractivity contribution in [2.45, 2.75) is 38.1 Å². The molecule has 1 N–H and O–H groups in total. The minimum Gasteiger partial charge on any atom is -0.350 e. The number of carbonyl (C=O) groups excluding carboxylic acids is 2. The van der Waals surface area contributed by atoms with Crippen molar-refractivity contribution in [2.24, 2.45) is 0 Å². The summed E-state index contributed by atoms with van der Waals surface area (Å²) in [5, 5.41) is 2.18. The number of likely N-dealkylation sites (tertiary alicyclic amines) is 1. The van der Waals surface area contributed by atoms with Crippen LogP contribution in [0.15, 0.2) is 48.5 Å². The topological polar surface area (TPSA) is 49.4 Å². The van der Waals surface area contributed by atoms with Crippen molar-refractivity contribution in [1.82, 2.24) is 10.2 Å². The Morgan fingerprint density at radius 1 is 1.14 bits per heavy atom. The van der Waals surface area contributed by atoms with E-state index in [1.54, 1.807) is 0 Å². The van der Waals surface area contributed by atoms with Gasteiger partial charge in [0.15, 0.2) is 0 Å². The Hall–Kier alpha value is -2.54. The molecule has 28 heavy (non-hydrogen) atoms. The lowest BCUT2D eigenvalue weighted by Gasteiger charge is -2.24. The zero-order valence-electron chi connectivity index (χ0n) is 14.8. The molecular weight excluding hydrogens is 393 g/mol. The number of amides is 2. The predicted molar refractivity (Wildman–Crippen MR) is 98.3 cm³/mol. The third-order valence-corrected chi connectivity index (χ3v) is 5.11. The fraction of sp³-hybridized carbons (Fsp3) is 0.300. The maximum atomic E-state index is 13.0. The first-order chi connectivity index (χ1) is 13.3. The SMILES string of the molecule is O=C(NCc1cccc(C(F)(F)F)c1Cl)C1CCC(=O)N1Cc1ccccc1. The van der Waals surface area contributed by atoms with Crippen LogP contribution in [-0.2, 0) is 28.9 Å². The lowest BCUT2D eigenvalue weighted by molar-refractivity contribution is -0.137. The number of hydrogen-bond donors (Lipinski definition) is 1. The van der Waals surface area contributed by atoms with Crippen molar-refractivity contribution in [1.29, 1.82) is 0 Å². The zero-order chi connectivity index (χ0) is 20.3. The summed E-state index contributed by atoms with van der Waals surface area (Å²) in [6.07, 6.45) is -3.94. The monoisotopic (exact) mass is 410 g/mol. The van der Waals surface area contributed by atoms with Crippen molar-refractivity contribution >= 4 is 23.4 Å². The van der Waals surface area contributed by atoms with Crippen LogP contribution in [0.4, 0.5) is 13.2 Å². The minimum atomic E-state index is -4.57. The summed E-state index contributed by atoms with van der Waals surface area (Å²) in [4.78, 5) is 26.3. The number of nitrogens with one attached hydrogen (secondary N) is 1. The molecule has 1 atom stereocenters. The van der Waals surface area contributed by atoms with Gasteiger partial charge in [0.05, 0.1) is 10.6 Å². The van der Waals surface area contributed by atoms with E-state index >= 15 is 0 Å². The lowest BCUT2D eigenvalue weighted by Crippen LogP contribution is -2.44. The molecule has 8 heteroatoms. The van der Waals surface area contributed by atoms with E-state index in [0.717, 1.165) is 11.6 Å². The standard InChI is InChI=1S/C20H18ClF3N2O2/c21-18-14(7-4-8-15(18)20(22,23)24)11-25-19(28)16-9-10-17(27)26(16)12-13-5-2-1-3-6-13/h1-8,16H,9-12H2,(H,25,28). The average Bonchev–Trinajstić information content (AvgIpc) is 3.01. The third-order valence-electron chi connectivity index (χ3n) is 4.66. The van der Waals surface area contributed by atoms with E-state index in [0.29, 0.717) is 13.0 Å². The largest absolute Gasteiger partial charge is 0.417 e. The van der Waals surface area contributed by atoms with Crippen LogP contribution in [0, 0.1) is 0 Å². The molecule has 1 heterocycles. The summed E-state index contributed by atoms with van der Waals surface area (Å²) in [5.41, 5.74) is 0.128. The molecule has 0 radical (unpaired) electrons. The molecule has 2 amide bonds. The van der Waals surface area contributed by atoms with Gasteiger partial charge < -0.3 is 10.2 Å². The van der Waals surface area contributed by atoms with Gasteiger partial charge in [-0.1, -0.05) is 54.1 Å². The molecule has 0 aliphatic carbocycles. The van der Waals surface area contributed by atoms with Crippen molar-refractivity contribution in [3.63, 3.8) is 0 Å². The smallest absolute Gasteiger partial charge is 0.350 e. The van der Waals surface area contributed by atoms with Gasteiger partial charge in [-0.05, 0) is 23.6 Å². The average molecular weight is 411 g/mol. The van der Waals surface area contributed by atoms with Gasteiger partial charge >= 0.3 is 6.18 Å². The quantitative estimate of drug-likeness (QED) is 0.804. The molecule has 3 rings (SSSR count). The molecular formula is C20H18ClF3N2O2. The highest BCUT2D eigenvalue weighted by atomic mass is 35.5. The number of halogens is 4. The fourth-order valence-electron chi connectivity index (χ4n) is 3.22. The number of alkyl halides is 3. The second kappa shape index (κ2) is 8.22. The molecule has 1 aliphatic rings. The molecule has 0 aromatic heterocycles. The molecule has 148 valence electrons. The maximum absolute atomic E-state index is 13.0. The molecule has 4 nitrogen and oxygen atoms in total. The van der Waals surface area contributed by atoms with Crippen LogP contribution in [-0.4, -0.2) is 22.8 Å². The molecule has 2 aromatic rings. The molecule has 1 saturated heterocycles. The Balaban J connectivity index is 1.68. The van der Waals surface area contributed by atoms with E-state index in [-0.39, 0.29) is 24.4 Å². The summed E-state index contributed by atoms with van der Waals surface area (Å²) in [7, 11) is 0. The normalized spacial score (nSPS) is 17.1. The Kier molecular flexibility index (Phi) is 5.93. The maximum Gasteiger partial charge on any atom is 0.417 e. The second-order valence-electron chi connectivity index (χ2n) is 6.56. The van der Waals surface area contributed by atoms with Crippen LogP contribution in [0.3, 0.4) is 0 Å². The van der Waals surface area contributed by atoms with Crippen molar-refractivity contribution in [3.05, 3.63) is 70.2 Å². The van der Waals surface area contributed by atoms with E-state index in [4.69, 9.17) is 11.6 Å². The highest BCUT2D eigenvalue weighted by Gasteiger charge is 2.36. The van der Waals surface area contributed by atoms with Crippen molar-refractivity contribution in [3.8, 4) is 0 Å². The van der Waals surface area contributed by atoms with E-state index in [9.17, 15) is 22.8 Å². The highest BCUT2D eigenvalue weighted by Crippen LogP contribution is 2.36. The van der Waals surface area contributed by atoms with Gasteiger partial charge in [-0.2, -0.15) is 13.2 Å². The van der Waals surface area contributed by atoms with Crippen LogP contribution in [0.25, 0.3) is 0 Å². The van der Waals surface area contributed by atoms with E-state index < -0.39 is 28.7 Å². The Morgan fingerprint density at radius 2 is 1.86 bits per heavy atom. The highest BCUT2D eigenvalue weighted by molar-refractivity contribution is 6.32. The Labute approximate surface area is 165 Å². The molecule has 0 saturated carbocycles. The van der Waals surface area contributed by atoms with Gasteiger partial charge in [0.1, 0.15) is 6.04 Å². The Morgan fingerprint density at radius 3 is 2.54 bits per heavy atom. The van der Waals surface area contributed by atoms with Crippen molar-refractivity contribution < 1.29 is 22.8 Å². The molecule has 0 bridgehead atoms. The number of carbonyl (C=O) groups is 2. The van der Waals surface area contributed by atoms with E-state index in [2.05, 4.69) is 5.32 Å². The van der Waals surface area contributed by atoms with Gasteiger partial charge in [-0.25, -0.2) is 0 Å². The minimum absolute atomic E-state index is 0.124. The molecule has 1 fully saturated rings. The van der Waals surface area contributed by atoms with Crippen molar-refractivity contribution in [2.75, 3.05) is 0 Å². The first-order valence-corrected chi connectivity index (χ1v) is 9.11. The number of benzene rings is 2. The summed E-state index contributed by atoms with van der Waals surface area (Å²) in [6, 6.07) is 12.2. The van der Waals surface area contributed by atoms with Gasteiger partial charge in [0.25, 0.3) is 0 Å². The number of rotatable bonds is 5. The predicted octanol–water partition coefficient (Wildman–Crippen LogP) is 4.17. The number of hydrogen-bond acceptors (Lipinski definition) is 2. The van der Waals surface area contributed by atoms with Gasteiger partial charge in [0, 0.05) is 19.5 Å². The van der Waals surface area contributed by atoms with E-state index in [1.807, 2.05) is 30.3 Å². The van der Waals surface area contributed by atoms with Gasteiger partial charge in [-0.15, -0.1) is 0 Å². The van der Waals surface area contributed by atoms with Gasteiger partial charge in [-0.3, -0.25) is 9.59 Å². The molecule has 1 aliphatic heterocycles. The van der Waals surface area contributed by atoms with E-state index in [1.165, 1.54) is 17.0 Å². The van der Waals surface area contributed by atoms with Crippen LogP contribution in [0.2, 0.25) is 5.02 Å². The first-order valence-electron chi connectivity index (χ1n) is 8.73. The molecule has 1 unspecified atom stereocenters. The Bertz CT molecular complexity index is 871. The van der Waals surface area contributed by atoms with Crippen LogP contribution in [0.1, 0.15) is 29.5 Å². The number of nitrogens with zero attached hydrogens (tertiary/aromatic N) is 1. The van der Waals surface area contributed by atoms with Crippen LogP contribution < -0.4 is 5.32 Å². The summed E-state index contributed by atoms with van der Waals surface area (Å²) >= 11 is 5.86. The van der Waals surface area contributed by atoms with Crippen LogP contribution >= 0.6 is 11.6 Å². The second-order valence-corrected chi connectivity index (χ2v) is 6.93. The zero-order valence-corrected chi connectivity index (χ0v) is 15.6. The fourth-order valence-corrected chi connectivity index (χ4v) is 3.52. The summed E-state index contributed by atoms with van der Waals surface area (Å²) < 4.78 is 38.9. The first kappa shape index (κ1) is 20.2. The summed E-state index contributed by atoms with van der Waals surface area (Å²) in [5.74, 6) is -0.531. The third kappa shape index (κ3) is 4.47. The lowest BCUT2D eigenvalue weighted by atomic mass is 10.1. The molecule has 0 spiro atoms. The summed E-state index contributed by atoms with van der Waals surface area (Å²) in [6.45, 7) is 0.160.